The molecule has 0 radical (unpaired) electrons. The zero-order valence-electron chi connectivity index (χ0n) is 15.0. The highest BCUT2D eigenvalue weighted by molar-refractivity contribution is 9.11. The molecule has 0 aliphatic carbocycles. The van der Waals surface area contributed by atoms with Gasteiger partial charge in [0.1, 0.15) is 5.75 Å². The van der Waals surface area contributed by atoms with Gasteiger partial charge in [0, 0.05) is 15.6 Å². The van der Waals surface area contributed by atoms with Gasteiger partial charge in [-0.15, -0.1) is 0 Å². The lowest BCUT2D eigenvalue weighted by Gasteiger charge is -2.12. The van der Waals surface area contributed by atoms with Crippen LogP contribution in [0.5, 0.6) is 17.2 Å². The third kappa shape index (κ3) is 5.97. The number of hydrogen-bond acceptors (Lipinski definition) is 5. The van der Waals surface area contributed by atoms with Gasteiger partial charge in [0.2, 0.25) is 0 Å². The molecule has 0 atom stereocenters. The van der Waals surface area contributed by atoms with Crippen molar-refractivity contribution in [2.24, 2.45) is 5.10 Å². The summed E-state index contributed by atoms with van der Waals surface area (Å²) in [6.45, 7) is 4.91. The second-order valence-electron chi connectivity index (χ2n) is 5.47. The number of carbonyl (C=O) groups is 1. The lowest BCUT2D eigenvalue weighted by molar-refractivity contribution is 0.0954. The Bertz CT molecular complexity index is 841. The standard InChI is InChI=1S/C19H20Br2N2O4/c1-3-7-27-16-6-5-12(9-17(16)26-4-2)19(25)23-22-11-13-8-14(20)10-15(21)18(13)24/h5-6,8-11,24H,3-4,7H2,1-2H3,(H,23,25)/b22-11+. The smallest absolute Gasteiger partial charge is 0.271 e. The molecule has 2 aromatic rings. The molecule has 0 fully saturated rings. The second kappa shape index (κ2) is 10.3. The Morgan fingerprint density at radius 1 is 1.19 bits per heavy atom. The molecule has 0 aliphatic rings. The molecule has 6 nitrogen and oxygen atoms in total. The molecule has 1 amide bonds. The van der Waals surface area contributed by atoms with Crippen molar-refractivity contribution in [1.29, 1.82) is 0 Å². The molecular formula is C19H20Br2N2O4. The number of ether oxygens (including phenoxy) is 2. The van der Waals surface area contributed by atoms with E-state index in [0.29, 0.717) is 40.3 Å². The van der Waals surface area contributed by atoms with Gasteiger partial charge in [0.25, 0.3) is 5.91 Å². The van der Waals surface area contributed by atoms with Crippen LogP contribution in [0.15, 0.2) is 44.4 Å². The van der Waals surface area contributed by atoms with Crippen molar-refractivity contribution in [3.63, 3.8) is 0 Å². The second-order valence-corrected chi connectivity index (χ2v) is 7.24. The number of phenols is 1. The van der Waals surface area contributed by atoms with Gasteiger partial charge in [-0.1, -0.05) is 22.9 Å². The first-order chi connectivity index (χ1) is 13.0. The highest BCUT2D eigenvalue weighted by Gasteiger charge is 2.11. The zero-order chi connectivity index (χ0) is 19.8. The summed E-state index contributed by atoms with van der Waals surface area (Å²) in [4.78, 5) is 12.3. The van der Waals surface area contributed by atoms with Crippen LogP contribution in [-0.2, 0) is 0 Å². The predicted molar refractivity (Wildman–Crippen MR) is 112 cm³/mol. The van der Waals surface area contributed by atoms with E-state index >= 15 is 0 Å². The number of rotatable bonds is 8. The van der Waals surface area contributed by atoms with Crippen molar-refractivity contribution in [2.45, 2.75) is 20.3 Å². The number of nitrogens with zero attached hydrogens (tertiary/aromatic N) is 1. The third-order valence-electron chi connectivity index (χ3n) is 3.39. The third-order valence-corrected chi connectivity index (χ3v) is 4.46. The number of benzene rings is 2. The highest BCUT2D eigenvalue weighted by Crippen LogP contribution is 2.31. The molecule has 0 aromatic heterocycles. The van der Waals surface area contributed by atoms with Crippen LogP contribution in [0.25, 0.3) is 0 Å². The number of aromatic hydroxyl groups is 1. The van der Waals surface area contributed by atoms with Crippen molar-refractivity contribution in [3.8, 4) is 17.2 Å². The molecule has 0 saturated carbocycles. The molecule has 0 unspecified atom stereocenters. The molecule has 144 valence electrons. The van der Waals surface area contributed by atoms with E-state index in [0.717, 1.165) is 10.9 Å². The maximum atomic E-state index is 12.3. The van der Waals surface area contributed by atoms with E-state index in [2.05, 4.69) is 42.4 Å². The van der Waals surface area contributed by atoms with E-state index in [1.54, 1.807) is 30.3 Å². The lowest BCUT2D eigenvalue weighted by atomic mass is 10.2. The van der Waals surface area contributed by atoms with E-state index in [1.807, 2.05) is 13.8 Å². The van der Waals surface area contributed by atoms with E-state index < -0.39 is 5.91 Å². The minimum Gasteiger partial charge on any atom is -0.506 e. The number of hydrazone groups is 1. The van der Waals surface area contributed by atoms with E-state index in [-0.39, 0.29) is 5.75 Å². The molecule has 2 N–H and O–H groups in total. The molecule has 2 rings (SSSR count). The summed E-state index contributed by atoms with van der Waals surface area (Å²) < 4.78 is 12.5. The van der Waals surface area contributed by atoms with Crippen molar-refractivity contribution >= 4 is 44.0 Å². The molecule has 0 spiro atoms. The SMILES string of the molecule is CCCOc1ccc(C(=O)N/N=C/c2cc(Br)cc(Br)c2O)cc1OCC. The van der Waals surface area contributed by atoms with Gasteiger partial charge < -0.3 is 14.6 Å². The molecule has 0 saturated heterocycles. The van der Waals surface area contributed by atoms with Gasteiger partial charge >= 0.3 is 0 Å². The van der Waals surface area contributed by atoms with Crippen molar-refractivity contribution in [2.75, 3.05) is 13.2 Å². The normalized spacial score (nSPS) is 10.8. The average Bonchev–Trinajstić information content (AvgIpc) is 2.64. The minimum atomic E-state index is -0.400. The average molecular weight is 500 g/mol. The monoisotopic (exact) mass is 498 g/mol. The van der Waals surface area contributed by atoms with E-state index in [9.17, 15) is 9.90 Å². The van der Waals surface area contributed by atoms with Gasteiger partial charge in [0.05, 0.1) is 23.9 Å². The first kappa shape index (κ1) is 21.2. The number of hydrogen-bond donors (Lipinski definition) is 2. The van der Waals surface area contributed by atoms with Crippen LogP contribution in [-0.4, -0.2) is 30.4 Å². The van der Waals surface area contributed by atoms with Crippen LogP contribution < -0.4 is 14.9 Å². The maximum Gasteiger partial charge on any atom is 0.271 e. The molecule has 2 aromatic carbocycles. The molecule has 27 heavy (non-hydrogen) atoms. The predicted octanol–water partition coefficient (Wildman–Crippen LogP) is 4.87. The summed E-state index contributed by atoms with van der Waals surface area (Å²) in [6, 6.07) is 8.36. The highest BCUT2D eigenvalue weighted by atomic mass is 79.9. The number of carbonyl (C=O) groups excluding carboxylic acids is 1. The number of amides is 1. The summed E-state index contributed by atoms with van der Waals surface area (Å²) >= 11 is 6.58. The van der Waals surface area contributed by atoms with Crippen LogP contribution in [0.2, 0.25) is 0 Å². The molecule has 0 heterocycles. The Labute approximate surface area is 174 Å². The van der Waals surface area contributed by atoms with Gasteiger partial charge in [0.15, 0.2) is 11.5 Å². The Kier molecular flexibility index (Phi) is 8.12. The fourth-order valence-electron chi connectivity index (χ4n) is 2.16. The maximum absolute atomic E-state index is 12.3. The number of halogens is 2. The van der Waals surface area contributed by atoms with Crippen LogP contribution >= 0.6 is 31.9 Å². The van der Waals surface area contributed by atoms with Gasteiger partial charge in [-0.3, -0.25) is 4.79 Å². The molecule has 8 heteroatoms. The number of phenolic OH excluding ortho intramolecular Hbond substituents is 1. The van der Waals surface area contributed by atoms with E-state index in [1.165, 1.54) is 6.21 Å². The Balaban J connectivity index is 2.12. The first-order valence-electron chi connectivity index (χ1n) is 8.37. The van der Waals surface area contributed by atoms with Crippen molar-refractivity contribution < 1.29 is 19.4 Å². The van der Waals surface area contributed by atoms with Crippen molar-refractivity contribution in [1.82, 2.24) is 5.43 Å². The van der Waals surface area contributed by atoms with Gasteiger partial charge in [-0.25, -0.2) is 5.43 Å². The summed E-state index contributed by atoms with van der Waals surface area (Å²) in [5.41, 5.74) is 3.28. The zero-order valence-corrected chi connectivity index (χ0v) is 18.1. The van der Waals surface area contributed by atoms with Crippen molar-refractivity contribution in [3.05, 3.63) is 50.4 Å². The van der Waals surface area contributed by atoms with Crippen LogP contribution in [0, 0.1) is 0 Å². The summed E-state index contributed by atoms with van der Waals surface area (Å²) in [6.07, 6.45) is 2.24. The fourth-order valence-corrected chi connectivity index (χ4v) is 3.42. The van der Waals surface area contributed by atoms with Crippen LogP contribution in [0.1, 0.15) is 36.2 Å². The first-order valence-corrected chi connectivity index (χ1v) is 9.95. The minimum absolute atomic E-state index is 0.0345. The van der Waals surface area contributed by atoms with Gasteiger partial charge in [-0.05, 0) is 59.6 Å². The lowest BCUT2D eigenvalue weighted by Crippen LogP contribution is -2.17. The fraction of sp³-hybridized carbons (Fsp3) is 0.263. The number of nitrogens with one attached hydrogen (secondary N) is 1. The van der Waals surface area contributed by atoms with Crippen LogP contribution in [0.4, 0.5) is 0 Å². The summed E-state index contributed by atoms with van der Waals surface area (Å²) in [5.74, 6) is 0.744. The molecular weight excluding hydrogens is 480 g/mol. The summed E-state index contributed by atoms with van der Waals surface area (Å²) in [7, 11) is 0. The topological polar surface area (TPSA) is 80.2 Å². The molecule has 0 aliphatic heterocycles. The Morgan fingerprint density at radius 2 is 1.96 bits per heavy atom. The van der Waals surface area contributed by atoms with E-state index in [4.69, 9.17) is 9.47 Å². The Hall–Kier alpha value is -2.06. The molecule has 0 bridgehead atoms. The van der Waals surface area contributed by atoms with Crippen LogP contribution in [0.3, 0.4) is 0 Å². The quantitative estimate of drug-likeness (QED) is 0.401. The summed E-state index contributed by atoms with van der Waals surface area (Å²) in [5, 5.41) is 13.9. The van der Waals surface area contributed by atoms with Gasteiger partial charge in [-0.2, -0.15) is 5.10 Å². The largest absolute Gasteiger partial charge is 0.506 e. The Morgan fingerprint density at radius 3 is 2.67 bits per heavy atom.